The minimum absolute atomic E-state index is 0.0938. The molecule has 2 aromatic rings. The van der Waals surface area contributed by atoms with E-state index in [4.69, 9.17) is 0 Å². The normalized spacial score (nSPS) is 22.4. The van der Waals surface area contributed by atoms with Crippen molar-refractivity contribution in [2.24, 2.45) is 5.92 Å². The molecule has 4 nitrogen and oxygen atoms in total. The highest BCUT2D eigenvalue weighted by molar-refractivity contribution is 5.34. The summed E-state index contributed by atoms with van der Waals surface area (Å²) in [5.74, 6) is 1.50. The maximum atomic E-state index is 14.0. The molecule has 18 heavy (non-hydrogen) atoms. The molecule has 0 spiro atoms. The smallest absolute Gasteiger partial charge is 0.221 e. The first-order chi connectivity index (χ1) is 8.66. The molecule has 1 aromatic heterocycles. The van der Waals surface area contributed by atoms with Crippen molar-refractivity contribution in [2.45, 2.75) is 19.9 Å². The number of nitrogens with one attached hydrogen (secondary N) is 1. The lowest BCUT2D eigenvalue weighted by molar-refractivity contribution is 0.359. The standard InChI is InChI=1S/C13H15FN4/c1-8-7-15-13-16-9(2)17-18(13)12(8)10-5-3-4-6-11(10)14/h3-6,8,12H,7H2,1-2H3,(H,15,16,17). The lowest BCUT2D eigenvalue weighted by Crippen LogP contribution is -2.32. The predicted octanol–water partition coefficient (Wildman–Crippen LogP) is 2.38. The number of fused-ring (bicyclic) bond motifs is 1. The molecule has 0 amide bonds. The number of hydrogen-bond donors (Lipinski definition) is 1. The van der Waals surface area contributed by atoms with E-state index >= 15 is 0 Å². The Balaban J connectivity index is 2.13. The van der Waals surface area contributed by atoms with E-state index < -0.39 is 0 Å². The summed E-state index contributed by atoms with van der Waals surface area (Å²) in [6.07, 6.45) is 0. The van der Waals surface area contributed by atoms with Gasteiger partial charge in [0.25, 0.3) is 0 Å². The van der Waals surface area contributed by atoms with Crippen LogP contribution in [0, 0.1) is 18.7 Å². The molecule has 2 unspecified atom stereocenters. The molecule has 0 saturated heterocycles. The van der Waals surface area contributed by atoms with Crippen LogP contribution in [0.2, 0.25) is 0 Å². The molecule has 3 rings (SSSR count). The fourth-order valence-electron chi connectivity index (χ4n) is 2.50. The molecule has 5 heteroatoms. The molecule has 0 radical (unpaired) electrons. The molecule has 0 aliphatic carbocycles. The molecule has 1 aromatic carbocycles. The van der Waals surface area contributed by atoms with E-state index in [0.717, 1.165) is 12.5 Å². The van der Waals surface area contributed by atoms with Crippen molar-refractivity contribution in [1.82, 2.24) is 14.8 Å². The summed E-state index contributed by atoms with van der Waals surface area (Å²) in [5, 5.41) is 7.60. The summed E-state index contributed by atoms with van der Waals surface area (Å²) < 4.78 is 15.8. The Morgan fingerprint density at radius 2 is 2.17 bits per heavy atom. The molecule has 2 heterocycles. The van der Waals surface area contributed by atoms with Crippen LogP contribution in [-0.2, 0) is 0 Å². The van der Waals surface area contributed by atoms with Crippen molar-refractivity contribution in [2.75, 3.05) is 11.9 Å². The van der Waals surface area contributed by atoms with Gasteiger partial charge in [-0.2, -0.15) is 10.1 Å². The van der Waals surface area contributed by atoms with Gasteiger partial charge < -0.3 is 5.32 Å². The van der Waals surface area contributed by atoms with Gasteiger partial charge in [0, 0.05) is 18.0 Å². The quantitative estimate of drug-likeness (QED) is 0.840. The SMILES string of the molecule is Cc1nc2n(n1)C(c1ccccc1F)C(C)CN2. The van der Waals surface area contributed by atoms with E-state index in [1.807, 2.05) is 19.1 Å². The van der Waals surface area contributed by atoms with Crippen LogP contribution in [0.1, 0.15) is 24.4 Å². The number of hydrogen-bond acceptors (Lipinski definition) is 3. The van der Waals surface area contributed by atoms with E-state index in [0.29, 0.717) is 11.4 Å². The van der Waals surface area contributed by atoms with Crippen LogP contribution in [-0.4, -0.2) is 21.3 Å². The van der Waals surface area contributed by atoms with Gasteiger partial charge in [0.05, 0.1) is 6.04 Å². The third kappa shape index (κ3) is 1.66. The van der Waals surface area contributed by atoms with Crippen LogP contribution in [0.4, 0.5) is 10.3 Å². The van der Waals surface area contributed by atoms with Crippen LogP contribution in [0.3, 0.4) is 0 Å². The number of nitrogens with zero attached hydrogens (tertiary/aromatic N) is 3. The van der Waals surface area contributed by atoms with Crippen LogP contribution >= 0.6 is 0 Å². The molecular formula is C13H15FN4. The van der Waals surface area contributed by atoms with Gasteiger partial charge in [-0.15, -0.1) is 0 Å². The van der Waals surface area contributed by atoms with Gasteiger partial charge in [0.2, 0.25) is 5.95 Å². The maximum Gasteiger partial charge on any atom is 0.221 e. The predicted molar refractivity (Wildman–Crippen MR) is 67.0 cm³/mol. The Labute approximate surface area is 105 Å². The molecule has 1 N–H and O–H groups in total. The Bertz CT molecular complexity index is 578. The molecule has 94 valence electrons. The Kier molecular flexibility index (Phi) is 2.54. The monoisotopic (exact) mass is 246 g/mol. The maximum absolute atomic E-state index is 14.0. The first-order valence-corrected chi connectivity index (χ1v) is 6.08. The van der Waals surface area contributed by atoms with Crippen molar-refractivity contribution < 1.29 is 4.39 Å². The van der Waals surface area contributed by atoms with Crippen molar-refractivity contribution in [3.8, 4) is 0 Å². The number of benzene rings is 1. The van der Waals surface area contributed by atoms with E-state index in [9.17, 15) is 4.39 Å². The number of rotatable bonds is 1. The second kappa shape index (κ2) is 4.08. The molecular weight excluding hydrogens is 231 g/mol. The fraction of sp³-hybridized carbons (Fsp3) is 0.385. The number of halogens is 1. The zero-order valence-corrected chi connectivity index (χ0v) is 10.4. The minimum atomic E-state index is -0.185. The number of aryl methyl sites for hydroxylation is 1. The molecule has 1 aliphatic rings. The second-order valence-electron chi connectivity index (χ2n) is 4.75. The van der Waals surface area contributed by atoms with Crippen molar-refractivity contribution in [3.05, 3.63) is 41.5 Å². The average molecular weight is 246 g/mol. The topological polar surface area (TPSA) is 42.7 Å². The summed E-state index contributed by atoms with van der Waals surface area (Å²) in [6.45, 7) is 4.71. The lowest BCUT2D eigenvalue weighted by atomic mass is 9.93. The summed E-state index contributed by atoms with van der Waals surface area (Å²) in [4.78, 5) is 4.31. The van der Waals surface area contributed by atoms with Gasteiger partial charge in [-0.25, -0.2) is 9.07 Å². The van der Waals surface area contributed by atoms with Gasteiger partial charge in [0.1, 0.15) is 11.6 Å². The van der Waals surface area contributed by atoms with Gasteiger partial charge in [-0.3, -0.25) is 0 Å². The van der Waals surface area contributed by atoms with E-state index in [1.165, 1.54) is 6.07 Å². The Morgan fingerprint density at radius 1 is 1.39 bits per heavy atom. The van der Waals surface area contributed by atoms with Gasteiger partial charge in [0.15, 0.2) is 0 Å². The van der Waals surface area contributed by atoms with Gasteiger partial charge in [-0.1, -0.05) is 25.1 Å². The lowest BCUT2D eigenvalue weighted by Gasteiger charge is -2.30. The third-order valence-electron chi connectivity index (χ3n) is 3.35. The summed E-state index contributed by atoms with van der Waals surface area (Å²) in [5.41, 5.74) is 0.678. The van der Waals surface area contributed by atoms with E-state index in [1.54, 1.807) is 10.7 Å². The average Bonchev–Trinajstić information content (AvgIpc) is 2.71. The molecule has 1 aliphatic heterocycles. The largest absolute Gasteiger partial charge is 0.354 e. The second-order valence-corrected chi connectivity index (χ2v) is 4.75. The minimum Gasteiger partial charge on any atom is -0.354 e. The summed E-state index contributed by atoms with van der Waals surface area (Å²) in [7, 11) is 0. The van der Waals surface area contributed by atoms with Gasteiger partial charge >= 0.3 is 0 Å². The van der Waals surface area contributed by atoms with Crippen molar-refractivity contribution in [1.29, 1.82) is 0 Å². The van der Waals surface area contributed by atoms with E-state index in [-0.39, 0.29) is 17.8 Å². The Hall–Kier alpha value is -1.91. The van der Waals surface area contributed by atoms with E-state index in [2.05, 4.69) is 22.3 Å². The molecule has 2 atom stereocenters. The highest BCUT2D eigenvalue weighted by atomic mass is 19.1. The first-order valence-electron chi connectivity index (χ1n) is 6.08. The third-order valence-corrected chi connectivity index (χ3v) is 3.35. The molecule has 0 saturated carbocycles. The summed E-state index contributed by atoms with van der Waals surface area (Å²) in [6, 6.07) is 6.79. The number of aromatic nitrogens is 3. The molecule has 0 bridgehead atoms. The van der Waals surface area contributed by atoms with Crippen LogP contribution < -0.4 is 5.32 Å². The summed E-state index contributed by atoms with van der Waals surface area (Å²) >= 11 is 0. The first kappa shape index (κ1) is 11.2. The van der Waals surface area contributed by atoms with Gasteiger partial charge in [-0.05, 0) is 13.0 Å². The van der Waals surface area contributed by atoms with Crippen molar-refractivity contribution >= 4 is 5.95 Å². The number of anilines is 1. The molecule has 0 fully saturated rings. The zero-order valence-electron chi connectivity index (χ0n) is 10.4. The Morgan fingerprint density at radius 3 is 2.94 bits per heavy atom. The van der Waals surface area contributed by atoms with Crippen LogP contribution in [0.15, 0.2) is 24.3 Å². The zero-order chi connectivity index (χ0) is 12.7. The highest BCUT2D eigenvalue weighted by Crippen LogP contribution is 2.33. The van der Waals surface area contributed by atoms with Crippen LogP contribution in [0.5, 0.6) is 0 Å². The van der Waals surface area contributed by atoms with Crippen molar-refractivity contribution in [3.63, 3.8) is 0 Å². The van der Waals surface area contributed by atoms with Crippen LogP contribution in [0.25, 0.3) is 0 Å². The highest BCUT2D eigenvalue weighted by Gasteiger charge is 2.31. The fourth-order valence-corrected chi connectivity index (χ4v) is 2.50.